The average Bonchev–Trinajstić information content (AvgIpc) is 3.52. The molecular weight excluding hydrogens is 515 g/mol. The Morgan fingerprint density at radius 1 is 1.16 bits per heavy atom. The molecule has 0 aliphatic carbocycles. The third-order valence-corrected chi connectivity index (χ3v) is 7.14. The van der Waals surface area contributed by atoms with Gasteiger partial charge in [0.05, 0.1) is 20.0 Å². The van der Waals surface area contributed by atoms with Gasteiger partial charge < -0.3 is 14.8 Å². The van der Waals surface area contributed by atoms with Gasteiger partial charge in [0.1, 0.15) is 22.1 Å². The Labute approximate surface area is 221 Å². The van der Waals surface area contributed by atoms with Gasteiger partial charge >= 0.3 is 5.97 Å². The second-order valence-corrected chi connectivity index (χ2v) is 9.45. The van der Waals surface area contributed by atoms with Crippen LogP contribution in [0, 0.1) is 5.82 Å². The maximum absolute atomic E-state index is 13.4. The van der Waals surface area contributed by atoms with Crippen LogP contribution < -0.4 is 10.1 Å². The van der Waals surface area contributed by atoms with Crippen LogP contribution in [0.15, 0.2) is 71.7 Å². The number of methoxy groups -OCH3 is 2. The van der Waals surface area contributed by atoms with Crippen molar-refractivity contribution >= 4 is 40.0 Å². The largest absolute Gasteiger partial charge is 0.497 e. The van der Waals surface area contributed by atoms with Gasteiger partial charge in [-0.1, -0.05) is 42.1 Å². The number of nitrogens with zero attached hydrogens (tertiary/aromatic N) is 3. The zero-order valence-corrected chi connectivity index (χ0v) is 21.7. The van der Waals surface area contributed by atoms with Crippen LogP contribution >= 0.6 is 23.1 Å². The molecule has 4 rings (SSSR count). The quantitative estimate of drug-likeness (QED) is 0.161. The molecule has 0 fully saturated rings. The van der Waals surface area contributed by atoms with Crippen molar-refractivity contribution < 1.29 is 23.5 Å². The number of nitrogens with one attached hydrogen (secondary N) is 1. The molecular formula is C26H23FN4O4S2. The highest BCUT2D eigenvalue weighted by molar-refractivity contribution is 7.99. The number of thioether (sulfide) groups is 1. The summed E-state index contributed by atoms with van der Waals surface area (Å²) >= 11 is 2.40. The maximum atomic E-state index is 13.4. The number of hydrogen-bond donors (Lipinski definition) is 1. The number of anilines is 1. The fraction of sp³-hybridized carbons (Fsp3) is 0.154. The molecule has 190 valence electrons. The van der Waals surface area contributed by atoms with E-state index in [9.17, 15) is 14.0 Å². The number of carbonyl (C=O) groups excluding carboxylic acids is 2. The van der Waals surface area contributed by atoms with Gasteiger partial charge in [-0.3, -0.25) is 9.36 Å². The summed E-state index contributed by atoms with van der Waals surface area (Å²) in [6.45, 7) is 4.26. The summed E-state index contributed by atoms with van der Waals surface area (Å²) in [6.07, 6.45) is 1.72. The van der Waals surface area contributed by atoms with Crippen molar-refractivity contribution in [2.24, 2.45) is 0 Å². The first-order chi connectivity index (χ1) is 17.9. The number of rotatable bonds is 10. The Bertz CT molecular complexity index is 1430. The number of benzene rings is 2. The summed E-state index contributed by atoms with van der Waals surface area (Å²) in [5.74, 6) is 0.0186. The minimum absolute atomic E-state index is 0.0256. The number of amides is 1. The maximum Gasteiger partial charge on any atom is 0.341 e. The van der Waals surface area contributed by atoms with Gasteiger partial charge in [0, 0.05) is 23.1 Å². The zero-order chi connectivity index (χ0) is 26.4. The van der Waals surface area contributed by atoms with Gasteiger partial charge in [-0.25, -0.2) is 9.18 Å². The van der Waals surface area contributed by atoms with Gasteiger partial charge in [0.25, 0.3) is 0 Å². The first kappa shape index (κ1) is 26.1. The number of aromatic nitrogens is 3. The topological polar surface area (TPSA) is 95.3 Å². The first-order valence-corrected chi connectivity index (χ1v) is 12.9. The number of ether oxygens (including phenoxy) is 2. The lowest BCUT2D eigenvalue weighted by atomic mass is 10.0. The van der Waals surface area contributed by atoms with E-state index < -0.39 is 5.97 Å². The third kappa shape index (κ3) is 5.89. The molecule has 1 N–H and O–H groups in total. The van der Waals surface area contributed by atoms with Crippen LogP contribution in [0.1, 0.15) is 10.4 Å². The molecule has 37 heavy (non-hydrogen) atoms. The lowest BCUT2D eigenvalue weighted by Crippen LogP contribution is -2.16. The second-order valence-electron chi connectivity index (χ2n) is 7.63. The Hall–Kier alpha value is -3.96. The molecule has 4 aromatic rings. The summed E-state index contributed by atoms with van der Waals surface area (Å²) in [7, 11) is 2.86. The fourth-order valence-corrected chi connectivity index (χ4v) is 5.28. The summed E-state index contributed by atoms with van der Waals surface area (Å²) in [4.78, 5) is 25.4. The molecule has 2 aromatic heterocycles. The second kappa shape index (κ2) is 11.8. The van der Waals surface area contributed by atoms with Crippen LogP contribution in [0.25, 0.3) is 22.5 Å². The van der Waals surface area contributed by atoms with Crippen molar-refractivity contribution in [3.8, 4) is 28.3 Å². The Morgan fingerprint density at radius 2 is 1.95 bits per heavy atom. The number of esters is 1. The molecule has 0 aliphatic rings. The molecule has 2 heterocycles. The predicted octanol–water partition coefficient (Wildman–Crippen LogP) is 5.52. The normalized spacial score (nSPS) is 10.7. The van der Waals surface area contributed by atoms with Crippen molar-refractivity contribution in [3.05, 3.63) is 77.9 Å². The molecule has 2 aromatic carbocycles. The third-order valence-electron chi connectivity index (χ3n) is 5.28. The predicted molar refractivity (Wildman–Crippen MR) is 143 cm³/mol. The molecule has 11 heteroatoms. The number of halogens is 1. The van der Waals surface area contributed by atoms with Crippen molar-refractivity contribution in [1.29, 1.82) is 0 Å². The van der Waals surface area contributed by atoms with Gasteiger partial charge in [-0.05, 0) is 29.8 Å². The number of thiophene rings is 1. The first-order valence-electron chi connectivity index (χ1n) is 11.0. The molecule has 0 atom stereocenters. The molecule has 1 amide bonds. The zero-order valence-electron chi connectivity index (χ0n) is 20.1. The summed E-state index contributed by atoms with van der Waals surface area (Å²) in [5, 5.41) is 14.0. The van der Waals surface area contributed by atoms with E-state index in [-0.39, 0.29) is 23.0 Å². The van der Waals surface area contributed by atoms with Crippen LogP contribution in [-0.4, -0.2) is 46.6 Å². The van der Waals surface area contributed by atoms with Crippen LogP contribution in [-0.2, 0) is 16.1 Å². The van der Waals surface area contributed by atoms with Crippen LogP contribution in [0.3, 0.4) is 0 Å². The lowest BCUT2D eigenvalue weighted by molar-refractivity contribution is -0.113. The molecule has 0 bridgehead atoms. The molecule has 0 aliphatic heterocycles. The minimum Gasteiger partial charge on any atom is -0.497 e. The Kier molecular flexibility index (Phi) is 8.36. The van der Waals surface area contributed by atoms with Gasteiger partial charge in [0.15, 0.2) is 11.0 Å². The van der Waals surface area contributed by atoms with Crippen LogP contribution in [0.4, 0.5) is 9.39 Å². The molecule has 0 saturated heterocycles. The standard InChI is InChI=1S/C26H23FN4O4S2/c1-4-12-31-23(17-6-5-7-19(13-17)34-2)29-30-26(31)37-15-21(32)28-24-22(25(33)35-3)20(14-36-24)16-8-10-18(27)11-9-16/h4-11,13-14H,1,12,15H2,2-3H3,(H,28,32). The monoisotopic (exact) mass is 538 g/mol. The summed E-state index contributed by atoms with van der Waals surface area (Å²) < 4.78 is 25.5. The SMILES string of the molecule is C=CCn1c(SCC(=O)Nc2scc(-c3ccc(F)cc3)c2C(=O)OC)nnc1-c1cccc(OC)c1. The van der Waals surface area contributed by atoms with Crippen LogP contribution in [0.5, 0.6) is 5.75 Å². The van der Waals surface area contributed by atoms with E-state index in [2.05, 4.69) is 22.1 Å². The van der Waals surface area contributed by atoms with Gasteiger partial charge in [0.2, 0.25) is 5.91 Å². The van der Waals surface area contributed by atoms with E-state index in [4.69, 9.17) is 9.47 Å². The van der Waals surface area contributed by atoms with E-state index >= 15 is 0 Å². The number of hydrogen-bond acceptors (Lipinski definition) is 8. The summed E-state index contributed by atoms with van der Waals surface area (Å²) in [6, 6.07) is 13.2. The minimum atomic E-state index is -0.600. The molecule has 0 spiro atoms. The van der Waals surface area contributed by atoms with E-state index in [1.165, 1.54) is 42.3 Å². The van der Waals surface area contributed by atoms with E-state index in [0.717, 1.165) is 5.56 Å². The van der Waals surface area contributed by atoms with E-state index in [1.807, 2.05) is 28.8 Å². The number of allylic oxidation sites excluding steroid dienone is 1. The molecule has 8 nitrogen and oxygen atoms in total. The van der Waals surface area contributed by atoms with Crippen LogP contribution in [0.2, 0.25) is 0 Å². The lowest BCUT2D eigenvalue weighted by Gasteiger charge is -2.09. The van der Waals surface area contributed by atoms with E-state index in [1.54, 1.807) is 30.7 Å². The highest BCUT2D eigenvalue weighted by Gasteiger charge is 2.23. The van der Waals surface area contributed by atoms with Gasteiger partial charge in [-0.2, -0.15) is 0 Å². The van der Waals surface area contributed by atoms with Crippen molar-refractivity contribution in [2.45, 2.75) is 11.7 Å². The highest BCUT2D eigenvalue weighted by Crippen LogP contribution is 2.36. The molecule has 0 saturated carbocycles. The van der Waals surface area contributed by atoms with Crippen molar-refractivity contribution in [1.82, 2.24) is 14.8 Å². The Balaban J connectivity index is 1.52. The molecule has 0 radical (unpaired) electrons. The van der Waals surface area contributed by atoms with Gasteiger partial charge in [-0.15, -0.1) is 28.1 Å². The van der Waals surface area contributed by atoms with Crippen molar-refractivity contribution in [2.75, 3.05) is 25.3 Å². The molecule has 0 unspecified atom stereocenters. The van der Waals surface area contributed by atoms with Crippen molar-refractivity contribution in [3.63, 3.8) is 0 Å². The number of carbonyl (C=O) groups is 2. The summed E-state index contributed by atoms with van der Waals surface area (Å²) in [5.41, 5.74) is 2.22. The average molecular weight is 539 g/mol. The highest BCUT2D eigenvalue weighted by atomic mass is 32.2. The fourth-order valence-electron chi connectivity index (χ4n) is 3.55. The smallest absolute Gasteiger partial charge is 0.341 e. The Morgan fingerprint density at radius 3 is 2.65 bits per heavy atom. The van der Waals surface area contributed by atoms with E-state index in [0.29, 0.717) is 39.4 Å².